The molecule has 0 bridgehead atoms. The molecular formula is C17H12N2O5. The number of hydrogen-bond donors (Lipinski definition) is 3. The van der Waals surface area contributed by atoms with Crippen LogP contribution in [0.1, 0.15) is 16.2 Å². The number of oxazole rings is 1. The molecular weight excluding hydrogens is 312 g/mol. The van der Waals surface area contributed by atoms with Crippen molar-refractivity contribution < 1.29 is 24.2 Å². The van der Waals surface area contributed by atoms with Crippen LogP contribution in [0, 0.1) is 0 Å². The van der Waals surface area contributed by atoms with Gasteiger partial charge in [-0.2, -0.15) is 0 Å². The number of carboxylic acids is 1. The molecule has 0 aliphatic rings. The predicted molar refractivity (Wildman–Crippen MR) is 86.7 cm³/mol. The smallest absolute Gasteiger partial charge is 0.339 e. The van der Waals surface area contributed by atoms with Crippen molar-refractivity contribution in [2.75, 3.05) is 5.32 Å². The average Bonchev–Trinajstić information content (AvgIpc) is 3.00. The Balaban J connectivity index is 1.90. The van der Waals surface area contributed by atoms with E-state index < -0.39 is 5.97 Å². The highest BCUT2D eigenvalue weighted by Gasteiger charge is 2.12. The third kappa shape index (κ3) is 2.95. The minimum Gasteiger partial charge on any atom is -0.507 e. The molecule has 1 heterocycles. The lowest BCUT2D eigenvalue weighted by Gasteiger charge is -2.05. The fourth-order valence-corrected chi connectivity index (χ4v) is 2.10. The summed E-state index contributed by atoms with van der Waals surface area (Å²) in [5, 5.41) is 21.3. The van der Waals surface area contributed by atoms with E-state index >= 15 is 0 Å². The van der Waals surface area contributed by atoms with Crippen LogP contribution in [0.15, 0.2) is 53.1 Å². The topological polar surface area (TPSA) is 113 Å². The number of nitrogens with one attached hydrogen (secondary N) is 1. The van der Waals surface area contributed by atoms with Gasteiger partial charge in [0.25, 0.3) is 0 Å². The van der Waals surface area contributed by atoms with Gasteiger partial charge in [0.1, 0.15) is 16.8 Å². The monoisotopic (exact) mass is 324 g/mol. The number of aldehydes is 1. The second-order valence-corrected chi connectivity index (χ2v) is 4.89. The normalized spacial score (nSPS) is 11.4. The van der Waals surface area contributed by atoms with Gasteiger partial charge in [0.2, 0.25) is 5.89 Å². The van der Waals surface area contributed by atoms with Crippen LogP contribution in [0.2, 0.25) is 0 Å². The molecule has 0 spiro atoms. The van der Waals surface area contributed by atoms with E-state index in [1.54, 1.807) is 24.3 Å². The molecule has 7 nitrogen and oxygen atoms in total. The Kier molecular flexibility index (Phi) is 3.98. The molecule has 3 aromatic rings. The maximum absolute atomic E-state index is 11.3. The summed E-state index contributed by atoms with van der Waals surface area (Å²) in [7, 11) is 0. The maximum Gasteiger partial charge on any atom is 0.339 e. The van der Waals surface area contributed by atoms with Crippen LogP contribution >= 0.6 is 0 Å². The van der Waals surface area contributed by atoms with Gasteiger partial charge in [0.15, 0.2) is 11.9 Å². The molecule has 0 aliphatic heterocycles. The van der Waals surface area contributed by atoms with Crippen LogP contribution in [-0.4, -0.2) is 27.5 Å². The van der Waals surface area contributed by atoms with E-state index in [9.17, 15) is 14.7 Å². The number of benzene rings is 2. The number of aromatic hydroxyl groups is 1. The number of carboxylic acid groups (broad SMARTS) is 1. The van der Waals surface area contributed by atoms with Gasteiger partial charge < -0.3 is 19.9 Å². The predicted octanol–water partition coefficient (Wildman–Crippen LogP) is 2.88. The highest BCUT2D eigenvalue weighted by Crippen LogP contribution is 2.23. The molecule has 2 aromatic carbocycles. The molecule has 0 atom stereocenters. The summed E-state index contributed by atoms with van der Waals surface area (Å²) in [5.74, 6) is -1.45. The Hall–Kier alpha value is -3.61. The fourth-order valence-electron chi connectivity index (χ4n) is 2.10. The number of allylic oxidation sites excluding steroid dienone is 1. The van der Waals surface area contributed by atoms with Crippen LogP contribution in [0.5, 0.6) is 5.75 Å². The van der Waals surface area contributed by atoms with E-state index in [4.69, 9.17) is 9.52 Å². The first-order valence-electron chi connectivity index (χ1n) is 6.92. The Morgan fingerprint density at radius 2 is 2.00 bits per heavy atom. The minimum absolute atomic E-state index is 0.149. The Labute approximate surface area is 135 Å². The lowest BCUT2D eigenvalue weighted by Crippen LogP contribution is -1.99. The second-order valence-electron chi connectivity index (χ2n) is 4.89. The molecule has 0 fully saturated rings. The van der Waals surface area contributed by atoms with Gasteiger partial charge >= 0.3 is 5.97 Å². The first-order chi connectivity index (χ1) is 11.6. The van der Waals surface area contributed by atoms with Crippen molar-refractivity contribution in [3.8, 4) is 5.75 Å². The number of carbonyl (C=O) groups is 2. The number of anilines is 1. The highest BCUT2D eigenvalue weighted by atomic mass is 16.4. The molecule has 1 aromatic heterocycles. The molecule has 120 valence electrons. The van der Waals surface area contributed by atoms with E-state index in [0.717, 1.165) is 0 Å². The van der Waals surface area contributed by atoms with Crippen molar-refractivity contribution in [3.05, 3.63) is 60.1 Å². The number of carbonyl (C=O) groups excluding carboxylic acids is 1. The molecule has 3 N–H and O–H groups in total. The number of hydrogen-bond acceptors (Lipinski definition) is 6. The second kappa shape index (κ2) is 6.25. The molecule has 0 amide bonds. The van der Waals surface area contributed by atoms with Crippen molar-refractivity contribution in [1.82, 2.24) is 4.98 Å². The number of fused-ring (bicyclic) bond motifs is 1. The lowest BCUT2D eigenvalue weighted by molar-refractivity contribution is -0.103. The summed E-state index contributed by atoms with van der Waals surface area (Å²) in [6.07, 6.45) is 1.94. The van der Waals surface area contributed by atoms with E-state index in [0.29, 0.717) is 23.1 Å². The van der Waals surface area contributed by atoms with Gasteiger partial charge in [-0.25, -0.2) is 9.78 Å². The van der Waals surface area contributed by atoms with Gasteiger partial charge in [-0.15, -0.1) is 0 Å². The molecule has 24 heavy (non-hydrogen) atoms. The van der Waals surface area contributed by atoms with Crippen molar-refractivity contribution >= 4 is 34.6 Å². The lowest BCUT2D eigenvalue weighted by atomic mass is 10.2. The average molecular weight is 324 g/mol. The van der Waals surface area contributed by atoms with E-state index in [2.05, 4.69) is 10.3 Å². The summed E-state index contributed by atoms with van der Waals surface area (Å²) < 4.78 is 5.51. The molecule has 0 aliphatic carbocycles. The Morgan fingerprint density at radius 1 is 1.21 bits per heavy atom. The quantitative estimate of drug-likeness (QED) is 0.376. The fraction of sp³-hybridized carbons (Fsp3) is 0. The zero-order valence-electron chi connectivity index (χ0n) is 12.3. The molecule has 7 heteroatoms. The summed E-state index contributed by atoms with van der Waals surface area (Å²) in [4.78, 5) is 26.5. The SMILES string of the molecule is O=CC(=CNc1ccc(O)c(C(=O)O)c1)c1nc2ccccc2o1. The number of aromatic nitrogens is 1. The molecule has 0 radical (unpaired) electrons. The molecule has 3 rings (SSSR count). The van der Waals surface area contributed by atoms with Crippen LogP contribution in [0.25, 0.3) is 16.7 Å². The minimum atomic E-state index is -1.25. The number of rotatable bonds is 5. The number of para-hydroxylation sites is 2. The van der Waals surface area contributed by atoms with Crippen molar-refractivity contribution in [1.29, 1.82) is 0 Å². The van der Waals surface area contributed by atoms with Crippen LogP contribution in [-0.2, 0) is 4.79 Å². The van der Waals surface area contributed by atoms with Gasteiger partial charge in [0.05, 0.1) is 5.57 Å². The van der Waals surface area contributed by atoms with Gasteiger partial charge in [-0.1, -0.05) is 12.1 Å². The number of nitrogens with zero attached hydrogens (tertiary/aromatic N) is 1. The van der Waals surface area contributed by atoms with Crippen molar-refractivity contribution in [2.24, 2.45) is 0 Å². The van der Waals surface area contributed by atoms with Gasteiger partial charge in [-0.05, 0) is 30.3 Å². The van der Waals surface area contributed by atoms with Crippen LogP contribution in [0.3, 0.4) is 0 Å². The molecule has 0 unspecified atom stereocenters. The van der Waals surface area contributed by atoms with E-state index in [1.807, 2.05) is 0 Å². The zero-order valence-corrected chi connectivity index (χ0v) is 12.3. The third-order valence-electron chi connectivity index (χ3n) is 3.29. The zero-order chi connectivity index (χ0) is 17.1. The van der Waals surface area contributed by atoms with Crippen LogP contribution in [0.4, 0.5) is 5.69 Å². The van der Waals surface area contributed by atoms with Crippen molar-refractivity contribution in [3.63, 3.8) is 0 Å². The Bertz CT molecular complexity index is 926. The number of aromatic carboxylic acids is 1. The summed E-state index contributed by atoms with van der Waals surface area (Å²) in [6, 6.07) is 11.1. The van der Waals surface area contributed by atoms with E-state index in [-0.39, 0.29) is 22.8 Å². The largest absolute Gasteiger partial charge is 0.507 e. The molecule has 0 saturated carbocycles. The first kappa shape index (κ1) is 15.3. The summed E-state index contributed by atoms with van der Waals surface area (Å²) in [6.45, 7) is 0. The van der Waals surface area contributed by atoms with Crippen LogP contribution < -0.4 is 5.32 Å². The first-order valence-corrected chi connectivity index (χ1v) is 6.92. The standard InChI is InChI=1S/C17H12N2O5/c20-9-10(16-19-13-3-1-2-4-15(13)24-16)8-18-11-5-6-14(21)12(7-11)17(22)23/h1-9,18,21H,(H,22,23). The van der Waals surface area contributed by atoms with Gasteiger partial charge in [-0.3, -0.25) is 4.79 Å². The highest BCUT2D eigenvalue weighted by molar-refractivity contribution is 6.06. The summed E-state index contributed by atoms with van der Waals surface area (Å²) >= 11 is 0. The number of phenols is 1. The third-order valence-corrected chi connectivity index (χ3v) is 3.29. The maximum atomic E-state index is 11.3. The van der Waals surface area contributed by atoms with Crippen molar-refractivity contribution in [2.45, 2.75) is 0 Å². The van der Waals surface area contributed by atoms with Gasteiger partial charge in [0, 0.05) is 11.9 Å². The Morgan fingerprint density at radius 3 is 2.71 bits per heavy atom. The summed E-state index contributed by atoms with van der Waals surface area (Å²) in [5.41, 5.74) is 1.48. The molecule has 0 saturated heterocycles. The van der Waals surface area contributed by atoms with E-state index in [1.165, 1.54) is 24.4 Å².